The number of nitrogens with two attached hydrogens (primary N) is 1. The molecule has 1 aromatic rings. The zero-order valence-electron chi connectivity index (χ0n) is 13.0. The predicted octanol–water partition coefficient (Wildman–Crippen LogP) is 2.93. The van der Waals surface area contributed by atoms with Crippen LogP contribution < -0.4 is 15.2 Å². The molecule has 1 aromatic carbocycles. The summed E-state index contributed by atoms with van der Waals surface area (Å²) in [5.74, 6) is 2.37. The molecule has 0 spiro atoms. The Hall–Kier alpha value is -1.26. The second-order valence-electron chi connectivity index (χ2n) is 6.11. The van der Waals surface area contributed by atoms with Crippen LogP contribution in [0.5, 0.6) is 11.5 Å². The maximum atomic E-state index is 5.97. The summed E-state index contributed by atoms with van der Waals surface area (Å²) >= 11 is 0. The van der Waals surface area contributed by atoms with E-state index in [0.717, 1.165) is 24.6 Å². The minimum atomic E-state index is 0.336. The molecule has 0 radical (unpaired) electrons. The van der Waals surface area contributed by atoms with Gasteiger partial charge in [0.2, 0.25) is 6.79 Å². The van der Waals surface area contributed by atoms with Gasteiger partial charge in [-0.3, -0.25) is 4.90 Å². The number of benzene rings is 1. The highest BCUT2D eigenvalue weighted by molar-refractivity contribution is 5.45. The van der Waals surface area contributed by atoms with Crippen LogP contribution in [0.1, 0.15) is 44.7 Å². The fraction of sp³-hybridized carbons (Fsp3) is 0.647. The first-order valence-electron chi connectivity index (χ1n) is 8.10. The van der Waals surface area contributed by atoms with E-state index in [1.165, 1.54) is 24.8 Å². The van der Waals surface area contributed by atoms with Crippen LogP contribution >= 0.6 is 0 Å². The zero-order valence-corrected chi connectivity index (χ0v) is 13.0. The molecule has 1 fully saturated rings. The van der Waals surface area contributed by atoms with Crippen molar-refractivity contribution in [2.75, 3.05) is 19.9 Å². The van der Waals surface area contributed by atoms with E-state index in [9.17, 15) is 0 Å². The molecule has 0 bridgehead atoms. The van der Waals surface area contributed by atoms with Crippen LogP contribution in [-0.2, 0) is 0 Å². The van der Waals surface area contributed by atoms with E-state index in [-0.39, 0.29) is 0 Å². The lowest BCUT2D eigenvalue weighted by atomic mass is 9.98. The minimum Gasteiger partial charge on any atom is -0.454 e. The fourth-order valence-electron chi connectivity index (χ4n) is 3.89. The van der Waals surface area contributed by atoms with Crippen molar-refractivity contribution in [3.63, 3.8) is 0 Å². The zero-order chi connectivity index (χ0) is 14.8. The van der Waals surface area contributed by atoms with Gasteiger partial charge in [0, 0.05) is 12.1 Å². The van der Waals surface area contributed by atoms with Gasteiger partial charge >= 0.3 is 0 Å². The quantitative estimate of drug-likeness (QED) is 0.906. The molecule has 2 aliphatic rings. The third-order valence-corrected chi connectivity index (χ3v) is 5.09. The molecule has 1 aliphatic heterocycles. The monoisotopic (exact) mass is 290 g/mol. The smallest absolute Gasteiger partial charge is 0.231 e. The van der Waals surface area contributed by atoms with Crippen LogP contribution in [0.25, 0.3) is 0 Å². The van der Waals surface area contributed by atoms with Crippen molar-refractivity contribution >= 4 is 0 Å². The van der Waals surface area contributed by atoms with Crippen LogP contribution in [0, 0.1) is 5.92 Å². The summed E-state index contributed by atoms with van der Waals surface area (Å²) in [4.78, 5) is 2.60. The van der Waals surface area contributed by atoms with Crippen molar-refractivity contribution in [1.82, 2.24) is 4.90 Å². The third-order valence-electron chi connectivity index (χ3n) is 5.09. The lowest BCUT2D eigenvalue weighted by Gasteiger charge is -2.37. The van der Waals surface area contributed by atoms with Crippen LogP contribution in [0.3, 0.4) is 0 Å². The average molecular weight is 290 g/mol. The molecule has 21 heavy (non-hydrogen) atoms. The number of nitrogens with zero attached hydrogens (tertiary/aromatic N) is 1. The van der Waals surface area contributed by atoms with Crippen LogP contribution in [0.4, 0.5) is 0 Å². The first kappa shape index (κ1) is 14.7. The van der Waals surface area contributed by atoms with Gasteiger partial charge in [0.05, 0.1) is 0 Å². The molecular formula is C17H26N2O2. The summed E-state index contributed by atoms with van der Waals surface area (Å²) in [5, 5.41) is 0. The molecule has 116 valence electrons. The van der Waals surface area contributed by atoms with Crippen LogP contribution in [-0.4, -0.2) is 30.8 Å². The molecule has 1 aliphatic carbocycles. The number of hydrogen-bond acceptors (Lipinski definition) is 4. The van der Waals surface area contributed by atoms with Gasteiger partial charge in [-0.25, -0.2) is 0 Å². The highest BCUT2D eigenvalue weighted by atomic mass is 16.7. The Balaban J connectivity index is 1.80. The summed E-state index contributed by atoms with van der Waals surface area (Å²) in [7, 11) is 0. The van der Waals surface area contributed by atoms with Crippen molar-refractivity contribution in [2.24, 2.45) is 11.7 Å². The van der Waals surface area contributed by atoms with Gasteiger partial charge in [-0.15, -0.1) is 0 Å². The van der Waals surface area contributed by atoms with Gasteiger partial charge in [0.25, 0.3) is 0 Å². The summed E-state index contributed by atoms with van der Waals surface area (Å²) in [6.07, 6.45) is 3.84. The van der Waals surface area contributed by atoms with Crippen LogP contribution in [0.15, 0.2) is 18.2 Å². The standard InChI is InChI=1S/C17H26N2O2/c1-3-19(15-6-4-5-14(15)10-18)12(2)13-7-8-16-17(9-13)21-11-20-16/h7-9,12,14-15H,3-6,10-11,18H2,1-2H3. The number of fused-ring (bicyclic) bond motifs is 1. The lowest BCUT2D eigenvalue weighted by molar-refractivity contribution is 0.123. The van der Waals surface area contributed by atoms with Gasteiger partial charge in [0.15, 0.2) is 11.5 Å². The Morgan fingerprint density at radius 1 is 1.29 bits per heavy atom. The summed E-state index contributed by atoms with van der Waals surface area (Å²) in [5.41, 5.74) is 7.26. The third kappa shape index (κ3) is 2.74. The SMILES string of the molecule is CCN(C(C)c1ccc2c(c1)OCO2)C1CCCC1CN. The highest BCUT2D eigenvalue weighted by Gasteiger charge is 2.33. The van der Waals surface area contributed by atoms with Crippen molar-refractivity contribution in [3.05, 3.63) is 23.8 Å². The average Bonchev–Trinajstić information content (AvgIpc) is 3.15. The van der Waals surface area contributed by atoms with Crippen LogP contribution in [0.2, 0.25) is 0 Å². The highest BCUT2D eigenvalue weighted by Crippen LogP contribution is 2.38. The predicted molar refractivity (Wildman–Crippen MR) is 83.5 cm³/mol. The molecule has 1 saturated carbocycles. The van der Waals surface area contributed by atoms with Gasteiger partial charge < -0.3 is 15.2 Å². The Bertz CT molecular complexity index is 492. The van der Waals surface area contributed by atoms with Crippen molar-refractivity contribution < 1.29 is 9.47 Å². The van der Waals surface area contributed by atoms with E-state index in [0.29, 0.717) is 24.8 Å². The maximum Gasteiger partial charge on any atom is 0.231 e. The molecule has 3 atom stereocenters. The molecular weight excluding hydrogens is 264 g/mol. The van der Waals surface area contributed by atoms with E-state index in [1.807, 2.05) is 6.07 Å². The Kier molecular flexibility index (Phi) is 4.36. The summed E-state index contributed by atoms with van der Waals surface area (Å²) in [6, 6.07) is 7.30. The van der Waals surface area contributed by atoms with Gasteiger partial charge in [-0.05, 0) is 56.5 Å². The molecule has 1 heterocycles. The normalized spacial score (nSPS) is 25.5. The molecule has 0 saturated heterocycles. The second kappa shape index (κ2) is 6.24. The summed E-state index contributed by atoms with van der Waals surface area (Å²) in [6.45, 7) is 6.72. The number of ether oxygens (including phenoxy) is 2. The minimum absolute atomic E-state index is 0.336. The van der Waals surface area contributed by atoms with Gasteiger partial charge in [-0.2, -0.15) is 0 Å². The largest absolute Gasteiger partial charge is 0.454 e. The van der Waals surface area contributed by atoms with E-state index in [4.69, 9.17) is 15.2 Å². The molecule has 3 unspecified atom stereocenters. The van der Waals surface area contributed by atoms with E-state index in [2.05, 4.69) is 30.9 Å². The van der Waals surface area contributed by atoms with Crippen molar-refractivity contribution in [3.8, 4) is 11.5 Å². The molecule has 0 amide bonds. The molecule has 4 heteroatoms. The Labute approximate surface area is 127 Å². The lowest BCUT2D eigenvalue weighted by Crippen LogP contribution is -2.41. The van der Waals surface area contributed by atoms with Gasteiger partial charge in [-0.1, -0.05) is 19.4 Å². The fourth-order valence-corrected chi connectivity index (χ4v) is 3.89. The van der Waals surface area contributed by atoms with Crippen molar-refractivity contribution in [2.45, 2.75) is 45.2 Å². The van der Waals surface area contributed by atoms with E-state index in [1.54, 1.807) is 0 Å². The molecule has 4 nitrogen and oxygen atoms in total. The molecule has 2 N–H and O–H groups in total. The Morgan fingerprint density at radius 2 is 2.10 bits per heavy atom. The van der Waals surface area contributed by atoms with Crippen molar-refractivity contribution in [1.29, 1.82) is 0 Å². The number of hydrogen-bond donors (Lipinski definition) is 1. The maximum absolute atomic E-state index is 5.97. The summed E-state index contributed by atoms with van der Waals surface area (Å²) < 4.78 is 10.9. The molecule has 0 aromatic heterocycles. The molecule has 3 rings (SSSR count). The topological polar surface area (TPSA) is 47.7 Å². The number of rotatable bonds is 5. The first-order valence-corrected chi connectivity index (χ1v) is 8.10. The van der Waals surface area contributed by atoms with Gasteiger partial charge in [0.1, 0.15) is 0 Å². The second-order valence-corrected chi connectivity index (χ2v) is 6.11. The first-order chi connectivity index (χ1) is 10.2. The van der Waals surface area contributed by atoms with E-state index < -0.39 is 0 Å². The van der Waals surface area contributed by atoms with E-state index >= 15 is 0 Å². The Morgan fingerprint density at radius 3 is 2.86 bits per heavy atom.